The Morgan fingerprint density at radius 1 is 1.30 bits per heavy atom. The third-order valence-electron chi connectivity index (χ3n) is 4.46. The van der Waals surface area contributed by atoms with Crippen LogP contribution in [0.2, 0.25) is 0 Å². The Balaban J connectivity index is 2.10. The van der Waals surface area contributed by atoms with E-state index in [0.29, 0.717) is 11.8 Å². The molecule has 23 heavy (non-hydrogen) atoms. The van der Waals surface area contributed by atoms with Gasteiger partial charge in [0.1, 0.15) is 0 Å². The van der Waals surface area contributed by atoms with E-state index < -0.39 is 0 Å². The molecular weight excluding hydrogens is 288 g/mol. The first-order valence-corrected chi connectivity index (χ1v) is 8.70. The van der Waals surface area contributed by atoms with Crippen molar-refractivity contribution in [3.8, 4) is 0 Å². The minimum atomic E-state index is 0.0445. The molecule has 1 N–H and O–H groups in total. The van der Waals surface area contributed by atoms with E-state index in [1.807, 2.05) is 0 Å². The average molecular weight is 318 g/mol. The van der Waals surface area contributed by atoms with Crippen molar-refractivity contribution in [2.45, 2.75) is 53.9 Å². The van der Waals surface area contributed by atoms with Crippen molar-refractivity contribution >= 4 is 11.9 Å². The SMILES string of the molecule is CC(=O)NCC1CCCN(c2nc(C)c(CC(C)C)c(C)n2)C1. The molecule has 5 nitrogen and oxygen atoms in total. The van der Waals surface area contributed by atoms with Crippen molar-refractivity contribution < 1.29 is 4.79 Å². The predicted octanol–water partition coefficient (Wildman–Crippen LogP) is 2.64. The van der Waals surface area contributed by atoms with Gasteiger partial charge in [0.15, 0.2) is 0 Å². The number of hydrogen-bond donors (Lipinski definition) is 1. The molecule has 1 atom stereocenters. The van der Waals surface area contributed by atoms with Crippen LogP contribution in [0.1, 0.15) is 50.6 Å². The Hall–Kier alpha value is -1.65. The molecule has 0 bridgehead atoms. The first-order chi connectivity index (χ1) is 10.9. The molecule has 1 amide bonds. The standard InChI is InChI=1S/C18H30N4O/c1-12(2)9-17-13(3)20-18(21-14(17)4)22-8-6-7-16(11-22)10-19-15(5)23/h12,16H,6-11H2,1-5H3,(H,19,23). The van der Waals surface area contributed by atoms with E-state index in [-0.39, 0.29) is 5.91 Å². The zero-order valence-electron chi connectivity index (χ0n) is 15.1. The van der Waals surface area contributed by atoms with E-state index in [0.717, 1.165) is 56.2 Å². The van der Waals surface area contributed by atoms with Crippen LogP contribution < -0.4 is 10.2 Å². The van der Waals surface area contributed by atoms with Crippen molar-refractivity contribution in [1.82, 2.24) is 15.3 Å². The zero-order valence-corrected chi connectivity index (χ0v) is 15.1. The fourth-order valence-electron chi connectivity index (χ4n) is 3.27. The largest absolute Gasteiger partial charge is 0.356 e. The van der Waals surface area contributed by atoms with Gasteiger partial charge in [-0.1, -0.05) is 13.8 Å². The molecular formula is C18H30N4O. The molecule has 2 rings (SSSR count). The maximum absolute atomic E-state index is 11.1. The lowest BCUT2D eigenvalue weighted by atomic mass is 9.98. The summed E-state index contributed by atoms with van der Waals surface area (Å²) < 4.78 is 0. The summed E-state index contributed by atoms with van der Waals surface area (Å²) in [5.74, 6) is 1.98. The van der Waals surface area contributed by atoms with Gasteiger partial charge in [-0.2, -0.15) is 0 Å². The summed E-state index contributed by atoms with van der Waals surface area (Å²) in [6, 6.07) is 0. The maximum atomic E-state index is 11.1. The van der Waals surface area contributed by atoms with E-state index in [9.17, 15) is 4.79 Å². The second-order valence-electron chi connectivity index (χ2n) is 7.16. The fourth-order valence-corrected chi connectivity index (χ4v) is 3.27. The molecule has 0 aliphatic carbocycles. The third-order valence-corrected chi connectivity index (χ3v) is 4.46. The topological polar surface area (TPSA) is 58.1 Å². The summed E-state index contributed by atoms with van der Waals surface area (Å²) in [4.78, 5) is 22.9. The number of nitrogens with one attached hydrogen (secondary N) is 1. The van der Waals surface area contributed by atoms with E-state index in [2.05, 4.69) is 37.9 Å². The van der Waals surface area contributed by atoms with Gasteiger partial charge >= 0.3 is 0 Å². The van der Waals surface area contributed by atoms with Crippen LogP contribution in [0.15, 0.2) is 0 Å². The number of aromatic nitrogens is 2. The van der Waals surface area contributed by atoms with Gasteiger partial charge in [-0.3, -0.25) is 4.79 Å². The molecule has 5 heteroatoms. The molecule has 0 radical (unpaired) electrons. The molecule has 1 saturated heterocycles. The number of carbonyl (C=O) groups is 1. The third kappa shape index (κ3) is 4.91. The van der Waals surface area contributed by atoms with Crippen molar-refractivity contribution in [3.63, 3.8) is 0 Å². The van der Waals surface area contributed by atoms with E-state index in [1.165, 1.54) is 5.56 Å². The van der Waals surface area contributed by atoms with Gasteiger partial charge in [0, 0.05) is 37.9 Å². The number of rotatable bonds is 5. The summed E-state index contributed by atoms with van der Waals surface area (Å²) in [6.07, 6.45) is 3.31. The van der Waals surface area contributed by atoms with Crippen LogP contribution in [0, 0.1) is 25.7 Å². The first kappa shape index (κ1) is 17.7. The minimum Gasteiger partial charge on any atom is -0.356 e. The molecule has 1 aromatic heterocycles. The van der Waals surface area contributed by atoms with Crippen molar-refractivity contribution in [2.75, 3.05) is 24.5 Å². The average Bonchev–Trinajstić information content (AvgIpc) is 2.48. The zero-order chi connectivity index (χ0) is 17.0. The maximum Gasteiger partial charge on any atom is 0.225 e. The number of piperidine rings is 1. The molecule has 1 fully saturated rings. The van der Waals surface area contributed by atoms with E-state index in [1.54, 1.807) is 6.92 Å². The van der Waals surface area contributed by atoms with Crippen LogP contribution in [0.5, 0.6) is 0 Å². The number of hydrogen-bond acceptors (Lipinski definition) is 4. The second-order valence-corrected chi connectivity index (χ2v) is 7.16. The second kappa shape index (κ2) is 7.75. The number of carbonyl (C=O) groups excluding carboxylic acids is 1. The number of amides is 1. The smallest absolute Gasteiger partial charge is 0.225 e. The summed E-state index contributed by atoms with van der Waals surface area (Å²) in [5, 5.41) is 2.93. The highest BCUT2D eigenvalue weighted by molar-refractivity contribution is 5.72. The lowest BCUT2D eigenvalue weighted by Crippen LogP contribution is -2.41. The normalized spacial score (nSPS) is 18.3. The monoisotopic (exact) mass is 318 g/mol. The lowest BCUT2D eigenvalue weighted by molar-refractivity contribution is -0.119. The van der Waals surface area contributed by atoms with Crippen LogP contribution in [0.3, 0.4) is 0 Å². The van der Waals surface area contributed by atoms with Gasteiger partial charge in [0.2, 0.25) is 11.9 Å². The van der Waals surface area contributed by atoms with Crippen LogP contribution >= 0.6 is 0 Å². The van der Waals surface area contributed by atoms with Crippen molar-refractivity contribution in [3.05, 3.63) is 17.0 Å². The molecule has 1 aliphatic rings. The van der Waals surface area contributed by atoms with Crippen molar-refractivity contribution in [1.29, 1.82) is 0 Å². The minimum absolute atomic E-state index is 0.0445. The quantitative estimate of drug-likeness (QED) is 0.907. The van der Waals surface area contributed by atoms with Gasteiger partial charge in [-0.15, -0.1) is 0 Å². The summed E-state index contributed by atoms with van der Waals surface area (Å²) in [7, 11) is 0. The Bertz CT molecular complexity index is 533. The molecule has 128 valence electrons. The fraction of sp³-hybridized carbons (Fsp3) is 0.722. The highest BCUT2D eigenvalue weighted by Gasteiger charge is 2.23. The predicted molar refractivity (Wildman–Crippen MR) is 93.7 cm³/mol. The van der Waals surface area contributed by atoms with E-state index in [4.69, 9.17) is 9.97 Å². The van der Waals surface area contributed by atoms with Crippen molar-refractivity contribution in [2.24, 2.45) is 11.8 Å². The van der Waals surface area contributed by atoms with E-state index >= 15 is 0 Å². The summed E-state index contributed by atoms with van der Waals surface area (Å²) in [6.45, 7) is 12.9. The Morgan fingerprint density at radius 3 is 2.52 bits per heavy atom. The van der Waals surface area contributed by atoms with Crippen LogP contribution in [-0.2, 0) is 11.2 Å². The Kier molecular flexibility index (Phi) is 5.97. The molecule has 1 unspecified atom stereocenters. The van der Waals surface area contributed by atoms with Crippen LogP contribution in [0.25, 0.3) is 0 Å². The molecule has 0 aromatic carbocycles. The van der Waals surface area contributed by atoms with Gasteiger partial charge < -0.3 is 10.2 Å². The van der Waals surface area contributed by atoms with Gasteiger partial charge in [-0.25, -0.2) is 9.97 Å². The molecule has 1 aromatic rings. The Morgan fingerprint density at radius 2 is 1.96 bits per heavy atom. The van der Waals surface area contributed by atoms with Crippen LogP contribution in [-0.4, -0.2) is 35.5 Å². The van der Waals surface area contributed by atoms with Gasteiger partial charge in [-0.05, 0) is 50.5 Å². The first-order valence-electron chi connectivity index (χ1n) is 8.70. The molecule has 0 saturated carbocycles. The summed E-state index contributed by atoms with van der Waals surface area (Å²) in [5.41, 5.74) is 3.49. The highest BCUT2D eigenvalue weighted by Crippen LogP contribution is 2.23. The summed E-state index contributed by atoms with van der Waals surface area (Å²) >= 11 is 0. The van der Waals surface area contributed by atoms with Gasteiger partial charge in [0.05, 0.1) is 0 Å². The molecule has 2 heterocycles. The highest BCUT2D eigenvalue weighted by atomic mass is 16.1. The van der Waals surface area contributed by atoms with Gasteiger partial charge in [0.25, 0.3) is 0 Å². The molecule has 1 aliphatic heterocycles. The van der Waals surface area contributed by atoms with Crippen LogP contribution in [0.4, 0.5) is 5.95 Å². The lowest BCUT2D eigenvalue weighted by Gasteiger charge is -2.33. The molecule has 0 spiro atoms. The number of aryl methyl sites for hydroxylation is 2. The Labute approximate surface area is 139 Å². The number of anilines is 1. The number of nitrogens with zero attached hydrogens (tertiary/aromatic N) is 3.